The molecule has 1 aromatic heterocycles. The van der Waals surface area contributed by atoms with Crippen LogP contribution in [0.1, 0.15) is 57.8 Å². The number of carboxylic acids is 1. The van der Waals surface area contributed by atoms with E-state index in [9.17, 15) is 23.1 Å². The minimum absolute atomic E-state index is 0.0339. The van der Waals surface area contributed by atoms with Gasteiger partial charge in [-0.15, -0.1) is 0 Å². The van der Waals surface area contributed by atoms with E-state index >= 15 is 0 Å². The molecule has 0 atom stereocenters. The Morgan fingerprint density at radius 2 is 1.42 bits per heavy atom. The molecular formula is C34H30N2O6S. The third-order valence-corrected chi connectivity index (χ3v) is 8.54. The Hall–Kier alpha value is -5.02. The van der Waals surface area contributed by atoms with Gasteiger partial charge >= 0.3 is 5.97 Å². The van der Waals surface area contributed by atoms with E-state index < -0.39 is 27.8 Å². The number of hydrogen-bond acceptors (Lipinski definition) is 6. The van der Waals surface area contributed by atoms with Crippen molar-refractivity contribution in [2.75, 3.05) is 0 Å². The average molecular weight is 595 g/mol. The van der Waals surface area contributed by atoms with Crippen molar-refractivity contribution in [2.24, 2.45) is 0 Å². The van der Waals surface area contributed by atoms with Gasteiger partial charge in [0.25, 0.3) is 10.0 Å². The Kier molecular flexibility index (Phi) is 8.82. The van der Waals surface area contributed by atoms with E-state index in [0.29, 0.717) is 46.4 Å². The third kappa shape index (κ3) is 6.57. The van der Waals surface area contributed by atoms with Crippen molar-refractivity contribution in [3.05, 3.63) is 143 Å². The lowest BCUT2D eigenvalue weighted by Gasteiger charge is -2.19. The number of amides is 1. The third-order valence-electron chi connectivity index (χ3n) is 7.14. The normalized spacial score (nSPS) is 11.4. The molecule has 8 nitrogen and oxygen atoms in total. The van der Waals surface area contributed by atoms with Gasteiger partial charge in [-0.1, -0.05) is 122 Å². The van der Waals surface area contributed by atoms with Gasteiger partial charge in [0.15, 0.2) is 0 Å². The second-order valence-electron chi connectivity index (χ2n) is 10.1. The Bertz CT molecular complexity index is 1790. The van der Waals surface area contributed by atoms with Crippen molar-refractivity contribution in [1.29, 1.82) is 0 Å². The van der Waals surface area contributed by atoms with Crippen molar-refractivity contribution >= 4 is 21.9 Å². The van der Waals surface area contributed by atoms with Crippen LogP contribution >= 0.6 is 0 Å². The molecule has 4 aromatic carbocycles. The molecule has 0 aliphatic rings. The molecule has 0 bridgehead atoms. The molecule has 0 unspecified atom stereocenters. The van der Waals surface area contributed by atoms with Crippen LogP contribution in [0, 0.1) is 0 Å². The van der Waals surface area contributed by atoms with Crippen LogP contribution in [0.2, 0.25) is 0 Å². The van der Waals surface area contributed by atoms with Gasteiger partial charge in [0, 0.05) is 17.5 Å². The maximum atomic E-state index is 13.7. The molecule has 218 valence electrons. The summed E-state index contributed by atoms with van der Waals surface area (Å²) in [4.78, 5) is 25.2. The van der Waals surface area contributed by atoms with E-state index in [0.717, 1.165) is 12.0 Å². The summed E-state index contributed by atoms with van der Waals surface area (Å²) < 4.78 is 34.8. The Morgan fingerprint density at radius 3 is 2.00 bits per heavy atom. The minimum Gasteiger partial charge on any atom is -0.475 e. The highest BCUT2D eigenvalue weighted by Gasteiger charge is 2.29. The van der Waals surface area contributed by atoms with Crippen LogP contribution in [0.3, 0.4) is 0 Å². The number of nitrogens with zero attached hydrogens (tertiary/aromatic N) is 1. The first-order valence-electron chi connectivity index (χ1n) is 13.8. The number of aromatic nitrogens is 1. The first-order valence-corrected chi connectivity index (χ1v) is 15.3. The molecule has 0 aliphatic heterocycles. The zero-order valence-electron chi connectivity index (χ0n) is 23.4. The monoisotopic (exact) mass is 594 g/mol. The second kappa shape index (κ2) is 12.9. The zero-order chi connectivity index (χ0) is 30.4. The van der Waals surface area contributed by atoms with E-state index in [1.165, 1.54) is 6.07 Å². The molecule has 1 amide bonds. The SMILES string of the molecule is CCCc1noc(C(=O)O)c1Cc1ccc(-c2ccccc2S(=O)(=O)NC(=O)C(c2ccccc2)c2ccccc2)cc1. The molecule has 5 rings (SSSR count). The molecule has 1 heterocycles. The number of carbonyl (C=O) groups is 2. The van der Waals surface area contributed by atoms with Crippen LogP contribution < -0.4 is 4.72 Å². The molecule has 0 saturated carbocycles. The topological polar surface area (TPSA) is 127 Å². The minimum atomic E-state index is -4.26. The Labute approximate surface area is 250 Å². The van der Waals surface area contributed by atoms with Crippen LogP contribution in [0.4, 0.5) is 0 Å². The van der Waals surface area contributed by atoms with Crippen LogP contribution in [-0.4, -0.2) is 30.6 Å². The van der Waals surface area contributed by atoms with Crippen molar-refractivity contribution in [1.82, 2.24) is 9.88 Å². The molecule has 43 heavy (non-hydrogen) atoms. The molecule has 2 N–H and O–H groups in total. The Balaban J connectivity index is 1.43. The summed E-state index contributed by atoms with van der Waals surface area (Å²) in [5.41, 5.74) is 4.34. The maximum Gasteiger partial charge on any atom is 0.375 e. The number of aryl methyl sites for hydroxylation is 1. The van der Waals surface area contributed by atoms with Gasteiger partial charge in [-0.3, -0.25) is 4.79 Å². The van der Waals surface area contributed by atoms with Crippen molar-refractivity contribution in [2.45, 2.75) is 37.0 Å². The summed E-state index contributed by atoms with van der Waals surface area (Å²) in [6.45, 7) is 1.98. The molecule has 0 aliphatic carbocycles. The van der Waals surface area contributed by atoms with Crippen LogP contribution in [0.15, 0.2) is 119 Å². The summed E-state index contributed by atoms with van der Waals surface area (Å²) in [6, 6.07) is 31.7. The van der Waals surface area contributed by atoms with E-state index in [1.54, 1.807) is 54.6 Å². The number of hydrogen-bond donors (Lipinski definition) is 2. The largest absolute Gasteiger partial charge is 0.475 e. The smallest absolute Gasteiger partial charge is 0.375 e. The van der Waals surface area contributed by atoms with E-state index in [4.69, 9.17) is 4.52 Å². The number of sulfonamides is 1. The number of carbonyl (C=O) groups excluding carboxylic acids is 1. The highest BCUT2D eigenvalue weighted by Crippen LogP contribution is 2.30. The Morgan fingerprint density at radius 1 is 0.837 bits per heavy atom. The standard InChI is InChI=1S/C34H30N2O6S/c1-2-11-29-28(32(34(38)39)42-35-29)22-23-18-20-24(21-19-23)27-16-9-10-17-30(27)43(40,41)36-33(37)31(25-12-5-3-6-13-25)26-14-7-4-8-15-26/h3-10,12-21,31H,2,11,22H2,1H3,(H,36,37)(H,38,39). The summed E-state index contributed by atoms with van der Waals surface area (Å²) in [6.07, 6.45) is 1.68. The van der Waals surface area contributed by atoms with Gasteiger partial charge in [-0.2, -0.15) is 0 Å². The van der Waals surface area contributed by atoms with Crippen LogP contribution in [-0.2, 0) is 27.7 Å². The fourth-order valence-corrected chi connectivity index (χ4v) is 6.33. The number of benzene rings is 4. The summed E-state index contributed by atoms with van der Waals surface area (Å²) in [7, 11) is -4.26. The highest BCUT2D eigenvalue weighted by atomic mass is 32.2. The fraction of sp³-hybridized carbons (Fsp3) is 0.147. The van der Waals surface area contributed by atoms with Gasteiger partial charge in [0.2, 0.25) is 11.7 Å². The van der Waals surface area contributed by atoms with Crippen molar-refractivity contribution in [3.63, 3.8) is 0 Å². The lowest BCUT2D eigenvalue weighted by atomic mass is 9.91. The molecule has 0 saturated heterocycles. The van der Waals surface area contributed by atoms with E-state index in [2.05, 4.69) is 9.88 Å². The average Bonchev–Trinajstić information content (AvgIpc) is 3.41. The molecule has 5 aromatic rings. The first-order chi connectivity index (χ1) is 20.8. The summed E-state index contributed by atoms with van der Waals surface area (Å²) in [5, 5.41) is 13.5. The maximum absolute atomic E-state index is 13.7. The predicted molar refractivity (Wildman–Crippen MR) is 162 cm³/mol. The molecule has 0 fully saturated rings. The van der Waals surface area contributed by atoms with Gasteiger partial charge in [0.1, 0.15) is 0 Å². The van der Waals surface area contributed by atoms with Gasteiger partial charge in [-0.25, -0.2) is 17.9 Å². The highest BCUT2D eigenvalue weighted by molar-refractivity contribution is 7.90. The first kappa shape index (κ1) is 29.5. The van der Waals surface area contributed by atoms with Gasteiger partial charge in [-0.05, 0) is 34.7 Å². The van der Waals surface area contributed by atoms with Crippen LogP contribution in [0.25, 0.3) is 11.1 Å². The molecule has 0 radical (unpaired) electrons. The second-order valence-corrected chi connectivity index (χ2v) is 11.7. The van der Waals surface area contributed by atoms with Crippen LogP contribution in [0.5, 0.6) is 0 Å². The lowest BCUT2D eigenvalue weighted by molar-refractivity contribution is -0.119. The van der Waals surface area contributed by atoms with Crippen molar-refractivity contribution < 1.29 is 27.6 Å². The molecular weight excluding hydrogens is 564 g/mol. The lowest BCUT2D eigenvalue weighted by Crippen LogP contribution is -2.35. The quantitative estimate of drug-likeness (QED) is 0.186. The summed E-state index contributed by atoms with van der Waals surface area (Å²) >= 11 is 0. The van der Waals surface area contributed by atoms with E-state index in [-0.39, 0.29) is 10.7 Å². The van der Waals surface area contributed by atoms with Crippen molar-refractivity contribution in [3.8, 4) is 11.1 Å². The predicted octanol–water partition coefficient (Wildman–Crippen LogP) is 6.22. The number of carboxylic acid groups (broad SMARTS) is 1. The number of nitrogens with one attached hydrogen (secondary N) is 1. The molecule has 0 spiro atoms. The van der Waals surface area contributed by atoms with Gasteiger partial charge < -0.3 is 9.63 Å². The summed E-state index contributed by atoms with van der Waals surface area (Å²) in [5.74, 6) is -2.84. The molecule has 9 heteroatoms. The number of aromatic carboxylic acids is 1. The number of rotatable bonds is 11. The fourth-order valence-electron chi connectivity index (χ4n) is 5.10. The van der Waals surface area contributed by atoms with E-state index in [1.807, 2.05) is 55.5 Å². The zero-order valence-corrected chi connectivity index (χ0v) is 24.3. The van der Waals surface area contributed by atoms with Gasteiger partial charge in [0.05, 0.1) is 16.5 Å².